The second kappa shape index (κ2) is 9.03. The van der Waals surface area contributed by atoms with Gasteiger partial charge < -0.3 is 21.4 Å². The number of nitrogens with zero attached hydrogens (tertiary/aromatic N) is 2. The number of halogens is 4. The Bertz CT molecular complexity index is 1080. The van der Waals surface area contributed by atoms with Crippen molar-refractivity contribution in [3.63, 3.8) is 0 Å². The van der Waals surface area contributed by atoms with Crippen LogP contribution in [0.15, 0.2) is 36.4 Å². The number of alkyl halides is 3. The normalized spacial score (nSPS) is 12.9. The van der Waals surface area contributed by atoms with E-state index in [1.165, 1.54) is 25.2 Å². The maximum atomic E-state index is 13.8. The molecule has 0 aliphatic rings. The van der Waals surface area contributed by atoms with Crippen LogP contribution in [0.25, 0.3) is 22.2 Å². The third kappa shape index (κ3) is 5.02. The number of imidazole rings is 1. The van der Waals surface area contributed by atoms with Crippen molar-refractivity contribution in [1.82, 2.24) is 14.9 Å². The van der Waals surface area contributed by atoms with E-state index in [-0.39, 0.29) is 35.0 Å². The van der Waals surface area contributed by atoms with Crippen molar-refractivity contribution >= 4 is 16.9 Å². The van der Waals surface area contributed by atoms with Gasteiger partial charge in [-0.2, -0.15) is 13.2 Å². The molecule has 2 aromatic carbocycles. The molecule has 3 rings (SSSR count). The second-order valence-corrected chi connectivity index (χ2v) is 7.29. The number of aromatic nitrogens is 2. The lowest BCUT2D eigenvalue weighted by Gasteiger charge is -2.13. The lowest BCUT2D eigenvalue weighted by atomic mass is 10.0. The van der Waals surface area contributed by atoms with Gasteiger partial charge in [0, 0.05) is 19.6 Å². The van der Waals surface area contributed by atoms with Gasteiger partial charge >= 0.3 is 6.18 Å². The minimum Gasteiger partial charge on any atom is -0.348 e. The fraction of sp³-hybridized carbons (Fsp3) is 0.333. The molecule has 31 heavy (non-hydrogen) atoms. The summed E-state index contributed by atoms with van der Waals surface area (Å²) in [4.78, 5) is 16.7. The molecule has 0 aliphatic carbocycles. The Morgan fingerprint density at radius 3 is 2.48 bits per heavy atom. The quantitative estimate of drug-likeness (QED) is 0.495. The van der Waals surface area contributed by atoms with Crippen LogP contribution in [0.5, 0.6) is 0 Å². The molecule has 10 heteroatoms. The Morgan fingerprint density at radius 1 is 1.19 bits per heavy atom. The van der Waals surface area contributed by atoms with E-state index in [1.807, 2.05) is 0 Å². The molecule has 1 heterocycles. The monoisotopic (exact) mass is 437 g/mol. The average Bonchev–Trinajstić information content (AvgIpc) is 3.06. The number of nitrogens with two attached hydrogens (primary N) is 2. The van der Waals surface area contributed by atoms with Crippen LogP contribution in [0, 0.1) is 5.82 Å². The zero-order valence-electron chi connectivity index (χ0n) is 16.8. The summed E-state index contributed by atoms with van der Waals surface area (Å²) >= 11 is 0. The molecule has 1 atom stereocenters. The van der Waals surface area contributed by atoms with Crippen LogP contribution in [0.1, 0.15) is 29.0 Å². The molecule has 1 unspecified atom stereocenters. The predicted molar refractivity (Wildman–Crippen MR) is 110 cm³/mol. The van der Waals surface area contributed by atoms with Gasteiger partial charge in [0.15, 0.2) is 5.82 Å². The lowest BCUT2D eigenvalue weighted by Crippen LogP contribution is -2.38. The number of benzene rings is 2. The summed E-state index contributed by atoms with van der Waals surface area (Å²) in [5.41, 5.74) is 10.8. The zero-order chi connectivity index (χ0) is 22.8. The maximum Gasteiger partial charge on any atom is 0.418 e. The van der Waals surface area contributed by atoms with Crippen molar-refractivity contribution in [3.8, 4) is 11.1 Å². The molecule has 0 fully saturated rings. The summed E-state index contributed by atoms with van der Waals surface area (Å²) in [5.74, 6) is -1.29. The zero-order valence-corrected chi connectivity index (χ0v) is 16.8. The average molecular weight is 437 g/mol. The lowest BCUT2D eigenvalue weighted by molar-refractivity contribution is -0.136. The number of hydrogen-bond acceptors (Lipinski definition) is 4. The molecule has 0 aliphatic heterocycles. The van der Waals surface area contributed by atoms with Gasteiger partial charge in [0.1, 0.15) is 5.82 Å². The molecule has 0 saturated heterocycles. The van der Waals surface area contributed by atoms with Crippen LogP contribution in [0.4, 0.5) is 17.6 Å². The van der Waals surface area contributed by atoms with Crippen LogP contribution < -0.4 is 16.8 Å². The summed E-state index contributed by atoms with van der Waals surface area (Å²) in [7, 11) is 1.35. The summed E-state index contributed by atoms with van der Waals surface area (Å²) < 4.78 is 55.8. The van der Waals surface area contributed by atoms with E-state index in [2.05, 4.69) is 10.3 Å². The van der Waals surface area contributed by atoms with Gasteiger partial charge in [-0.15, -0.1) is 0 Å². The van der Waals surface area contributed by atoms with Crippen LogP contribution in [-0.4, -0.2) is 34.6 Å². The smallest absolute Gasteiger partial charge is 0.348 e. The SMILES string of the molecule is Cn1c(C(=O)NCC(N)CCCN)nc2cc(-c3ccc(F)cc3)cc(C(F)(F)F)c21. The van der Waals surface area contributed by atoms with Crippen molar-refractivity contribution in [3.05, 3.63) is 53.6 Å². The number of carbonyl (C=O) groups is 1. The van der Waals surface area contributed by atoms with E-state index in [0.29, 0.717) is 24.9 Å². The van der Waals surface area contributed by atoms with Gasteiger partial charge in [0.05, 0.1) is 16.6 Å². The molecule has 1 amide bonds. The van der Waals surface area contributed by atoms with Crippen molar-refractivity contribution in [1.29, 1.82) is 0 Å². The minimum absolute atomic E-state index is 0.00855. The highest BCUT2D eigenvalue weighted by molar-refractivity contribution is 5.96. The van der Waals surface area contributed by atoms with Crippen molar-refractivity contribution in [2.75, 3.05) is 13.1 Å². The molecule has 0 saturated carbocycles. The number of hydrogen-bond donors (Lipinski definition) is 3. The van der Waals surface area contributed by atoms with E-state index >= 15 is 0 Å². The Morgan fingerprint density at radius 2 is 1.87 bits per heavy atom. The molecule has 1 aromatic heterocycles. The molecule has 3 aromatic rings. The second-order valence-electron chi connectivity index (χ2n) is 7.29. The van der Waals surface area contributed by atoms with Crippen molar-refractivity contribution < 1.29 is 22.4 Å². The van der Waals surface area contributed by atoms with E-state index in [4.69, 9.17) is 11.5 Å². The Labute approximate surface area is 176 Å². The van der Waals surface area contributed by atoms with Crippen LogP contribution in [-0.2, 0) is 13.2 Å². The van der Waals surface area contributed by atoms with E-state index in [0.717, 1.165) is 22.8 Å². The van der Waals surface area contributed by atoms with Crippen molar-refractivity contribution in [2.24, 2.45) is 18.5 Å². The highest BCUT2D eigenvalue weighted by atomic mass is 19.4. The number of amides is 1. The first-order chi connectivity index (χ1) is 14.6. The van der Waals surface area contributed by atoms with Gasteiger partial charge in [0.25, 0.3) is 5.91 Å². The number of carbonyl (C=O) groups excluding carboxylic acids is 1. The standard InChI is InChI=1S/C21H23F4N5O/c1-30-18-16(21(23,24)25)9-13(12-4-6-14(22)7-5-12)10-17(18)29-19(30)20(31)28-11-15(27)3-2-8-26/h4-7,9-10,15H,2-3,8,11,26-27H2,1H3,(H,28,31). The van der Waals surface area contributed by atoms with E-state index < -0.39 is 23.5 Å². The number of rotatable bonds is 7. The third-order valence-electron chi connectivity index (χ3n) is 4.96. The summed E-state index contributed by atoms with van der Waals surface area (Å²) in [5, 5.41) is 2.61. The Balaban J connectivity index is 2.01. The molecule has 0 bridgehead atoms. The molecule has 166 valence electrons. The van der Waals surface area contributed by atoms with Gasteiger partial charge in [-0.3, -0.25) is 4.79 Å². The van der Waals surface area contributed by atoms with Gasteiger partial charge in [-0.1, -0.05) is 12.1 Å². The summed E-state index contributed by atoms with van der Waals surface area (Å²) in [6.45, 7) is 0.623. The van der Waals surface area contributed by atoms with Crippen LogP contribution >= 0.6 is 0 Å². The van der Waals surface area contributed by atoms with Crippen LogP contribution in [0.3, 0.4) is 0 Å². The fourth-order valence-corrected chi connectivity index (χ4v) is 3.37. The first kappa shape index (κ1) is 22.7. The predicted octanol–water partition coefficient (Wildman–Crippen LogP) is 3.19. The first-order valence-corrected chi connectivity index (χ1v) is 9.69. The molecular weight excluding hydrogens is 414 g/mol. The molecule has 5 N–H and O–H groups in total. The number of nitrogens with one attached hydrogen (secondary N) is 1. The Hall–Kier alpha value is -2.98. The van der Waals surface area contributed by atoms with Crippen molar-refractivity contribution in [2.45, 2.75) is 25.1 Å². The third-order valence-corrected chi connectivity index (χ3v) is 4.96. The minimum atomic E-state index is -4.68. The molecule has 0 spiro atoms. The summed E-state index contributed by atoms with van der Waals surface area (Å²) in [6.07, 6.45) is -3.37. The first-order valence-electron chi connectivity index (χ1n) is 9.69. The number of aryl methyl sites for hydroxylation is 1. The van der Waals surface area contributed by atoms with Crippen LogP contribution in [0.2, 0.25) is 0 Å². The van der Waals surface area contributed by atoms with Gasteiger partial charge in [-0.05, 0) is 54.8 Å². The fourth-order valence-electron chi connectivity index (χ4n) is 3.37. The highest BCUT2D eigenvalue weighted by Gasteiger charge is 2.35. The van der Waals surface area contributed by atoms with Gasteiger partial charge in [-0.25, -0.2) is 9.37 Å². The highest BCUT2D eigenvalue weighted by Crippen LogP contribution is 2.38. The topological polar surface area (TPSA) is 99.0 Å². The largest absolute Gasteiger partial charge is 0.418 e. The van der Waals surface area contributed by atoms with E-state index in [9.17, 15) is 22.4 Å². The van der Waals surface area contributed by atoms with Gasteiger partial charge in [0.2, 0.25) is 0 Å². The van der Waals surface area contributed by atoms with E-state index in [1.54, 1.807) is 0 Å². The molecule has 0 radical (unpaired) electrons. The molecule has 6 nitrogen and oxygen atoms in total. The summed E-state index contributed by atoms with van der Waals surface area (Å²) in [6, 6.07) is 7.20. The number of fused-ring (bicyclic) bond motifs is 1. The Kier molecular flexibility index (Phi) is 6.61. The molecular formula is C21H23F4N5O. The maximum absolute atomic E-state index is 13.8.